The molecule has 2 atom stereocenters. The van der Waals surface area contributed by atoms with E-state index in [2.05, 4.69) is 5.32 Å². The average Bonchev–Trinajstić information content (AvgIpc) is 3.42. The van der Waals surface area contributed by atoms with E-state index >= 15 is 0 Å². The second-order valence-corrected chi connectivity index (χ2v) is 8.57. The molecule has 4 rings (SSSR count). The maximum absolute atomic E-state index is 13.1. The summed E-state index contributed by atoms with van der Waals surface area (Å²) in [6.07, 6.45) is 1.67. The highest BCUT2D eigenvalue weighted by Crippen LogP contribution is 2.33. The minimum absolute atomic E-state index is 0.0251. The molecule has 0 bridgehead atoms. The van der Waals surface area contributed by atoms with Crippen LogP contribution >= 0.6 is 22.9 Å². The van der Waals surface area contributed by atoms with Crippen molar-refractivity contribution < 1.29 is 14.3 Å². The molecule has 0 radical (unpaired) electrons. The Morgan fingerprint density at radius 1 is 1.22 bits per heavy atom. The van der Waals surface area contributed by atoms with E-state index in [-0.39, 0.29) is 29.9 Å². The first kappa shape index (κ1) is 18.5. The molecule has 1 saturated heterocycles. The zero-order valence-corrected chi connectivity index (χ0v) is 16.6. The van der Waals surface area contributed by atoms with Crippen LogP contribution in [0.1, 0.15) is 41.1 Å². The van der Waals surface area contributed by atoms with Gasteiger partial charge in [-0.05, 0) is 38.0 Å². The molecule has 2 amide bonds. The molecule has 2 unspecified atom stereocenters. The van der Waals surface area contributed by atoms with E-state index in [1.165, 1.54) is 11.3 Å². The van der Waals surface area contributed by atoms with E-state index in [1.807, 2.05) is 36.1 Å². The summed E-state index contributed by atoms with van der Waals surface area (Å²) < 4.78 is 5.93. The number of nitrogens with one attached hydrogen (secondary N) is 1. The van der Waals surface area contributed by atoms with Gasteiger partial charge in [0.25, 0.3) is 5.91 Å². The Hall–Kier alpha value is -1.89. The monoisotopic (exact) mass is 404 g/mol. The predicted octanol–water partition coefficient (Wildman–Crippen LogP) is 4.35. The lowest BCUT2D eigenvalue weighted by molar-refractivity contribution is -0.117. The summed E-state index contributed by atoms with van der Waals surface area (Å²) >= 11 is 7.62. The smallest absolute Gasteiger partial charge is 0.264 e. The van der Waals surface area contributed by atoms with Gasteiger partial charge in [0.2, 0.25) is 5.91 Å². The van der Waals surface area contributed by atoms with Crippen molar-refractivity contribution in [3.63, 3.8) is 0 Å². The summed E-state index contributed by atoms with van der Waals surface area (Å²) in [6, 6.07) is 11.1. The van der Waals surface area contributed by atoms with E-state index in [0.29, 0.717) is 23.1 Å². The molecule has 5 nitrogen and oxygen atoms in total. The fourth-order valence-corrected chi connectivity index (χ4v) is 4.32. The van der Waals surface area contributed by atoms with E-state index in [9.17, 15) is 9.59 Å². The molecule has 0 spiro atoms. The second kappa shape index (κ2) is 7.62. The fraction of sp³-hybridized carbons (Fsp3) is 0.400. The third-order valence-electron chi connectivity index (χ3n) is 4.96. The molecule has 1 N–H and O–H groups in total. The number of carbonyl (C=O) groups excluding carboxylic acids is 2. The Bertz CT molecular complexity index is 864. The number of anilines is 1. The number of ether oxygens (including phenoxy) is 1. The Morgan fingerprint density at radius 3 is 2.74 bits per heavy atom. The standard InChI is InChI=1S/C20H21ClN2O3S/c1-12-11-26-16(14-4-2-3-5-15(14)21)10-23(12)20(25)17-8-9-18(27-17)22-19(24)13-6-7-13/h2-5,8-9,12-13,16H,6-7,10-11H2,1H3,(H,22,24). The van der Waals surface area contributed by atoms with Crippen LogP contribution in [-0.4, -0.2) is 35.9 Å². The number of hydrogen-bond acceptors (Lipinski definition) is 4. The van der Waals surface area contributed by atoms with Crippen LogP contribution in [0.5, 0.6) is 0 Å². The molecule has 2 aliphatic rings. The van der Waals surface area contributed by atoms with E-state index < -0.39 is 0 Å². The first-order valence-electron chi connectivity index (χ1n) is 9.10. The van der Waals surface area contributed by atoms with Gasteiger partial charge in [0.15, 0.2) is 0 Å². The van der Waals surface area contributed by atoms with Crippen LogP contribution < -0.4 is 5.32 Å². The van der Waals surface area contributed by atoms with Gasteiger partial charge in [-0.3, -0.25) is 9.59 Å². The zero-order valence-electron chi connectivity index (χ0n) is 15.0. The quantitative estimate of drug-likeness (QED) is 0.823. The van der Waals surface area contributed by atoms with Gasteiger partial charge < -0.3 is 15.0 Å². The minimum Gasteiger partial charge on any atom is -0.369 e. The molecular weight excluding hydrogens is 384 g/mol. The van der Waals surface area contributed by atoms with Crippen LogP contribution in [0.2, 0.25) is 5.02 Å². The van der Waals surface area contributed by atoms with Crippen molar-refractivity contribution in [2.75, 3.05) is 18.5 Å². The first-order chi connectivity index (χ1) is 13.0. The highest BCUT2D eigenvalue weighted by molar-refractivity contribution is 7.18. The van der Waals surface area contributed by atoms with E-state index in [0.717, 1.165) is 23.4 Å². The van der Waals surface area contributed by atoms with Crippen LogP contribution in [-0.2, 0) is 9.53 Å². The van der Waals surface area contributed by atoms with Gasteiger partial charge in [-0.15, -0.1) is 11.3 Å². The van der Waals surface area contributed by atoms with Gasteiger partial charge in [0.1, 0.15) is 6.10 Å². The highest BCUT2D eigenvalue weighted by Gasteiger charge is 2.33. The number of benzene rings is 1. The van der Waals surface area contributed by atoms with Crippen LogP contribution in [0.15, 0.2) is 36.4 Å². The van der Waals surface area contributed by atoms with Gasteiger partial charge >= 0.3 is 0 Å². The number of carbonyl (C=O) groups is 2. The molecule has 1 aromatic heterocycles. The summed E-state index contributed by atoms with van der Waals surface area (Å²) in [5, 5.41) is 4.27. The van der Waals surface area contributed by atoms with Crippen LogP contribution in [0, 0.1) is 5.92 Å². The molecular formula is C20H21ClN2O3S. The lowest BCUT2D eigenvalue weighted by Gasteiger charge is -2.38. The second-order valence-electron chi connectivity index (χ2n) is 7.08. The summed E-state index contributed by atoms with van der Waals surface area (Å²) in [4.78, 5) is 27.4. The number of amides is 2. The van der Waals surface area contributed by atoms with Gasteiger partial charge in [-0.1, -0.05) is 29.8 Å². The molecule has 2 heterocycles. The van der Waals surface area contributed by atoms with Crippen molar-refractivity contribution in [2.24, 2.45) is 5.92 Å². The van der Waals surface area contributed by atoms with Crippen molar-refractivity contribution in [3.8, 4) is 0 Å². The molecule has 2 fully saturated rings. The molecule has 1 aliphatic heterocycles. The maximum atomic E-state index is 13.1. The molecule has 142 valence electrons. The van der Waals surface area contributed by atoms with Gasteiger partial charge in [0.05, 0.1) is 29.1 Å². The fourth-order valence-electron chi connectivity index (χ4n) is 3.19. The largest absolute Gasteiger partial charge is 0.369 e. The van der Waals surface area contributed by atoms with Crippen molar-refractivity contribution >= 4 is 39.8 Å². The van der Waals surface area contributed by atoms with Crippen LogP contribution in [0.25, 0.3) is 0 Å². The Labute approximate surface area is 167 Å². The van der Waals surface area contributed by atoms with E-state index in [4.69, 9.17) is 16.3 Å². The molecule has 1 aromatic carbocycles. The lowest BCUT2D eigenvalue weighted by Crippen LogP contribution is -2.48. The highest BCUT2D eigenvalue weighted by atomic mass is 35.5. The van der Waals surface area contributed by atoms with Gasteiger partial charge in [-0.25, -0.2) is 0 Å². The number of nitrogens with zero attached hydrogens (tertiary/aromatic N) is 1. The number of morpholine rings is 1. The van der Waals surface area contributed by atoms with Crippen molar-refractivity contribution in [1.82, 2.24) is 4.90 Å². The number of rotatable bonds is 4. The zero-order chi connectivity index (χ0) is 19.0. The third-order valence-corrected chi connectivity index (χ3v) is 6.29. The molecule has 2 aromatic rings. The first-order valence-corrected chi connectivity index (χ1v) is 10.3. The molecule has 1 aliphatic carbocycles. The van der Waals surface area contributed by atoms with Crippen molar-refractivity contribution in [2.45, 2.75) is 31.9 Å². The minimum atomic E-state index is -0.243. The van der Waals surface area contributed by atoms with Crippen LogP contribution in [0.3, 0.4) is 0 Å². The summed E-state index contributed by atoms with van der Waals surface area (Å²) in [5.74, 6) is 0.149. The number of halogens is 1. The average molecular weight is 405 g/mol. The van der Waals surface area contributed by atoms with E-state index in [1.54, 1.807) is 12.1 Å². The molecule has 7 heteroatoms. The SMILES string of the molecule is CC1COC(c2ccccc2Cl)CN1C(=O)c1ccc(NC(=O)C2CC2)s1. The van der Waals surface area contributed by atoms with Crippen LogP contribution in [0.4, 0.5) is 5.00 Å². The Kier molecular flexibility index (Phi) is 5.21. The maximum Gasteiger partial charge on any atom is 0.264 e. The summed E-state index contributed by atoms with van der Waals surface area (Å²) in [5.41, 5.74) is 0.896. The predicted molar refractivity (Wildman–Crippen MR) is 106 cm³/mol. The third kappa shape index (κ3) is 4.03. The topological polar surface area (TPSA) is 58.6 Å². The van der Waals surface area contributed by atoms with Crippen molar-refractivity contribution in [3.05, 3.63) is 51.9 Å². The van der Waals surface area contributed by atoms with Crippen molar-refractivity contribution in [1.29, 1.82) is 0 Å². The Balaban J connectivity index is 1.47. The molecule has 1 saturated carbocycles. The lowest BCUT2D eigenvalue weighted by atomic mass is 10.1. The van der Waals surface area contributed by atoms with Gasteiger partial charge in [-0.2, -0.15) is 0 Å². The number of thiophene rings is 1. The normalized spacial score (nSPS) is 22.5. The molecule has 27 heavy (non-hydrogen) atoms. The Morgan fingerprint density at radius 2 is 2.00 bits per heavy atom. The number of hydrogen-bond donors (Lipinski definition) is 1. The summed E-state index contributed by atoms with van der Waals surface area (Å²) in [6.45, 7) is 2.88. The summed E-state index contributed by atoms with van der Waals surface area (Å²) in [7, 11) is 0. The van der Waals surface area contributed by atoms with Gasteiger partial charge in [0, 0.05) is 16.5 Å².